The Hall–Kier alpha value is -0.950. The molecule has 0 radical (unpaired) electrons. The van der Waals surface area contributed by atoms with E-state index in [4.69, 9.17) is 10.3 Å². The summed E-state index contributed by atoms with van der Waals surface area (Å²) in [6, 6.07) is 6.45. The molecule has 1 aliphatic carbocycles. The molecule has 1 saturated heterocycles. The molecule has 1 saturated carbocycles. The van der Waals surface area contributed by atoms with Gasteiger partial charge < -0.3 is 11.1 Å². The van der Waals surface area contributed by atoms with Gasteiger partial charge >= 0.3 is 0 Å². The van der Waals surface area contributed by atoms with Crippen molar-refractivity contribution in [3.05, 3.63) is 29.8 Å². The number of aryl methyl sites for hydroxylation is 1. The number of nitrogens with two attached hydrogens (primary N) is 1. The summed E-state index contributed by atoms with van der Waals surface area (Å²) < 4.78 is 29.6. The molecule has 6 heteroatoms. The molecule has 1 heterocycles. The van der Waals surface area contributed by atoms with Crippen LogP contribution in [-0.2, 0) is 10.1 Å². The van der Waals surface area contributed by atoms with Crippen molar-refractivity contribution in [3.63, 3.8) is 0 Å². The van der Waals surface area contributed by atoms with Crippen LogP contribution in [0.4, 0.5) is 0 Å². The topological polar surface area (TPSA) is 92.4 Å². The standard InChI is InChI=1S/C7H8O3S.C6H12N2/c1-6-2-4-7(5-3-6)11(8,9)10;7-5-3-8-4-6(5)1-2-6/h2-5H,1H3,(H,8,9,10);5,8H,1-4,7H2. The van der Waals surface area contributed by atoms with Gasteiger partial charge in [0.15, 0.2) is 0 Å². The molecule has 19 heavy (non-hydrogen) atoms. The minimum absolute atomic E-state index is 0.0666. The first-order chi connectivity index (χ1) is 8.83. The zero-order valence-electron chi connectivity index (χ0n) is 11.0. The van der Waals surface area contributed by atoms with Crippen molar-refractivity contribution in [2.75, 3.05) is 13.1 Å². The molecule has 1 spiro atoms. The Morgan fingerprint density at radius 3 is 2.21 bits per heavy atom. The average Bonchev–Trinajstić information content (AvgIpc) is 3.01. The van der Waals surface area contributed by atoms with Crippen LogP contribution in [-0.4, -0.2) is 32.1 Å². The first-order valence-electron chi connectivity index (χ1n) is 6.34. The van der Waals surface area contributed by atoms with E-state index in [2.05, 4.69) is 5.32 Å². The van der Waals surface area contributed by atoms with E-state index in [0.29, 0.717) is 11.5 Å². The van der Waals surface area contributed by atoms with Crippen LogP contribution >= 0.6 is 0 Å². The largest absolute Gasteiger partial charge is 0.326 e. The maximum absolute atomic E-state index is 10.5. The molecule has 0 bridgehead atoms. The number of hydrogen-bond donors (Lipinski definition) is 3. The highest BCUT2D eigenvalue weighted by Gasteiger charge is 2.50. The summed E-state index contributed by atoms with van der Waals surface area (Å²) >= 11 is 0. The van der Waals surface area contributed by atoms with Crippen molar-refractivity contribution in [2.24, 2.45) is 11.1 Å². The van der Waals surface area contributed by atoms with Gasteiger partial charge in [0.2, 0.25) is 0 Å². The molecule has 1 aliphatic heterocycles. The van der Waals surface area contributed by atoms with Crippen LogP contribution in [0.2, 0.25) is 0 Å². The van der Waals surface area contributed by atoms with Crippen LogP contribution < -0.4 is 11.1 Å². The number of hydrogen-bond acceptors (Lipinski definition) is 4. The molecular weight excluding hydrogens is 264 g/mol. The normalized spacial score (nSPS) is 23.8. The molecule has 4 N–H and O–H groups in total. The van der Waals surface area contributed by atoms with Crippen molar-refractivity contribution in [1.82, 2.24) is 5.32 Å². The molecule has 2 aliphatic rings. The Kier molecular flexibility index (Phi) is 3.96. The van der Waals surface area contributed by atoms with Gasteiger partial charge in [-0.25, -0.2) is 0 Å². The highest BCUT2D eigenvalue weighted by atomic mass is 32.2. The number of benzene rings is 1. The lowest BCUT2D eigenvalue weighted by Crippen LogP contribution is -2.29. The van der Waals surface area contributed by atoms with Crippen molar-refractivity contribution < 1.29 is 13.0 Å². The van der Waals surface area contributed by atoms with Gasteiger partial charge in [0.1, 0.15) is 0 Å². The molecular formula is C13H20N2O3S. The van der Waals surface area contributed by atoms with Crippen molar-refractivity contribution in [3.8, 4) is 0 Å². The summed E-state index contributed by atoms with van der Waals surface area (Å²) in [6.07, 6.45) is 2.72. The quantitative estimate of drug-likeness (QED) is 0.667. The highest BCUT2D eigenvalue weighted by molar-refractivity contribution is 7.85. The molecule has 0 amide bonds. The fraction of sp³-hybridized carbons (Fsp3) is 0.538. The second-order valence-electron chi connectivity index (χ2n) is 5.39. The van der Waals surface area contributed by atoms with E-state index >= 15 is 0 Å². The molecule has 106 valence electrons. The molecule has 0 aromatic heterocycles. The van der Waals surface area contributed by atoms with Crippen LogP contribution in [0, 0.1) is 12.3 Å². The average molecular weight is 284 g/mol. The van der Waals surface area contributed by atoms with E-state index in [1.807, 2.05) is 6.92 Å². The summed E-state index contributed by atoms with van der Waals surface area (Å²) in [5.41, 5.74) is 7.34. The number of rotatable bonds is 1. The van der Waals surface area contributed by atoms with Crippen molar-refractivity contribution >= 4 is 10.1 Å². The Bertz CT molecular complexity index is 536. The Morgan fingerprint density at radius 2 is 1.89 bits per heavy atom. The van der Waals surface area contributed by atoms with E-state index in [-0.39, 0.29) is 4.90 Å². The lowest BCUT2D eigenvalue weighted by molar-refractivity contribution is 0.483. The van der Waals surface area contributed by atoms with Crippen molar-refractivity contribution in [2.45, 2.75) is 30.7 Å². The summed E-state index contributed by atoms with van der Waals surface area (Å²) in [5, 5.41) is 3.30. The van der Waals surface area contributed by atoms with Crippen LogP contribution in [0.1, 0.15) is 18.4 Å². The highest BCUT2D eigenvalue weighted by Crippen LogP contribution is 2.49. The SMILES string of the molecule is Cc1ccc(S(=O)(=O)O)cc1.NC1CNCC12CC2. The maximum atomic E-state index is 10.5. The third kappa shape index (κ3) is 3.54. The minimum Gasteiger partial charge on any atom is -0.326 e. The predicted molar refractivity (Wildman–Crippen MR) is 73.5 cm³/mol. The van der Waals surface area contributed by atoms with Gasteiger partial charge in [-0.3, -0.25) is 4.55 Å². The smallest absolute Gasteiger partial charge is 0.294 e. The molecule has 1 atom stereocenters. The zero-order valence-corrected chi connectivity index (χ0v) is 11.8. The Morgan fingerprint density at radius 1 is 1.32 bits per heavy atom. The fourth-order valence-electron chi connectivity index (χ4n) is 2.24. The van der Waals surface area contributed by atoms with Gasteiger partial charge in [-0.2, -0.15) is 8.42 Å². The lowest BCUT2D eigenvalue weighted by atomic mass is 10.0. The van der Waals surface area contributed by atoms with Crippen LogP contribution in [0.25, 0.3) is 0 Å². The monoisotopic (exact) mass is 284 g/mol. The fourth-order valence-corrected chi connectivity index (χ4v) is 2.72. The first-order valence-corrected chi connectivity index (χ1v) is 7.78. The van der Waals surface area contributed by atoms with Gasteiger partial charge in [0.05, 0.1) is 4.90 Å². The molecule has 1 aromatic rings. The second kappa shape index (κ2) is 5.20. The van der Waals surface area contributed by atoms with E-state index in [9.17, 15) is 8.42 Å². The lowest BCUT2D eigenvalue weighted by Gasteiger charge is -2.08. The Labute approximate surface area is 113 Å². The predicted octanol–water partition coefficient (Wildman–Crippen LogP) is 0.939. The molecule has 1 unspecified atom stereocenters. The van der Waals surface area contributed by atoms with E-state index in [1.54, 1.807) is 12.1 Å². The molecule has 2 fully saturated rings. The van der Waals surface area contributed by atoms with Gasteiger partial charge in [-0.1, -0.05) is 17.7 Å². The third-order valence-electron chi connectivity index (χ3n) is 3.84. The second-order valence-corrected chi connectivity index (χ2v) is 6.81. The van der Waals surface area contributed by atoms with E-state index < -0.39 is 10.1 Å². The third-order valence-corrected chi connectivity index (χ3v) is 4.71. The number of nitrogens with one attached hydrogen (secondary N) is 1. The van der Waals surface area contributed by atoms with E-state index in [1.165, 1.54) is 31.5 Å². The zero-order chi connectivity index (χ0) is 14.1. The van der Waals surface area contributed by atoms with Gasteiger partial charge in [0, 0.05) is 19.1 Å². The van der Waals surface area contributed by atoms with Crippen LogP contribution in [0.5, 0.6) is 0 Å². The van der Waals surface area contributed by atoms with Gasteiger partial charge in [-0.15, -0.1) is 0 Å². The summed E-state index contributed by atoms with van der Waals surface area (Å²) in [6.45, 7) is 4.06. The molecule has 3 rings (SSSR count). The van der Waals surface area contributed by atoms with E-state index in [0.717, 1.165) is 12.1 Å². The molecule has 5 nitrogen and oxygen atoms in total. The summed E-state index contributed by atoms with van der Waals surface area (Å²) in [7, 11) is -4.02. The van der Waals surface area contributed by atoms with Crippen molar-refractivity contribution in [1.29, 1.82) is 0 Å². The summed E-state index contributed by atoms with van der Waals surface area (Å²) in [4.78, 5) is -0.0666. The molecule has 1 aromatic carbocycles. The summed E-state index contributed by atoms with van der Waals surface area (Å²) in [5.74, 6) is 0. The minimum atomic E-state index is -4.02. The van der Waals surface area contributed by atoms with Gasteiger partial charge in [-0.05, 0) is 37.3 Å². The first kappa shape index (κ1) is 14.5. The van der Waals surface area contributed by atoms with Gasteiger partial charge in [0.25, 0.3) is 10.1 Å². The van der Waals surface area contributed by atoms with Crippen LogP contribution in [0.3, 0.4) is 0 Å². The maximum Gasteiger partial charge on any atom is 0.294 e. The van der Waals surface area contributed by atoms with Crippen LogP contribution in [0.15, 0.2) is 29.2 Å². The Balaban J connectivity index is 0.000000146.